The Morgan fingerprint density at radius 2 is 2.26 bits per heavy atom. The molecule has 1 aliphatic rings. The van der Waals surface area contributed by atoms with Gasteiger partial charge in [-0.1, -0.05) is 0 Å². The fourth-order valence-electron chi connectivity index (χ4n) is 2.08. The summed E-state index contributed by atoms with van der Waals surface area (Å²) in [7, 11) is 1.72. The second-order valence-electron chi connectivity index (χ2n) is 4.76. The van der Waals surface area contributed by atoms with Crippen LogP contribution in [0.4, 0.5) is 5.69 Å². The number of likely N-dealkylation sites (tertiary alicyclic amines) is 1. The fraction of sp³-hybridized carbons (Fsp3) is 0.385. The van der Waals surface area contributed by atoms with Crippen molar-refractivity contribution in [1.82, 2.24) is 10.2 Å². The van der Waals surface area contributed by atoms with E-state index in [1.807, 2.05) is 0 Å². The van der Waals surface area contributed by atoms with Crippen LogP contribution >= 0.6 is 0 Å². The predicted octanol–water partition coefficient (Wildman–Crippen LogP) is 0.325. The Morgan fingerprint density at radius 3 is 2.89 bits per heavy atom. The third-order valence-corrected chi connectivity index (χ3v) is 3.25. The van der Waals surface area contributed by atoms with Crippen LogP contribution in [-0.4, -0.2) is 41.5 Å². The molecule has 1 aromatic rings. The second-order valence-corrected chi connectivity index (χ2v) is 4.76. The Labute approximate surface area is 111 Å². The molecule has 0 aliphatic carbocycles. The van der Waals surface area contributed by atoms with Gasteiger partial charge in [-0.3, -0.25) is 9.59 Å². The molecule has 1 saturated heterocycles. The van der Waals surface area contributed by atoms with Gasteiger partial charge < -0.3 is 21.1 Å². The van der Waals surface area contributed by atoms with Crippen molar-refractivity contribution in [2.24, 2.45) is 0 Å². The van der Waals surface area contributed by atoms with Crippen LogP contribution in [0, 0.1) is 0 Å². The number of rotatable bonds is 2. The summed E-state index contributed by atoms with van der Waals surface area (Å²) in [5.74, 6) is -0.290. The van der Waals surface area contributed by atoms with Crippen molar-refractivity contribution in [3.63, 3.8) is 0 Å². The number of carbonyl (C=O) groups excluding carboxylic acids is 2. The molecule has 6 nitrogen and oxygen atoms in total. The summed E-state index contributed by atoms with van der Waals surface area (Å²) in [6.07, 6.45) is 1.07. The number of aromatic hydroxyl groups is 1. The molecule has 2 rings (SSSR count). The van der Waals surface area contributed by atoms with Crippen LogP contribution in [0.5, 0.6) is 5.75 Å². The third-order valence-electron chi connectivity index (χ3n) is 3.25. The van der Waals surface area contributed by atoms with Gasteiger partial charge in [0.05, 0.1) is 5.69 Å². The Balaban J connectivity index is 2.01. The van der Waals surface area contributed by atoms with E-state index >= 15 is 0 Å². The number of carbonyl (C=O) groups is 2. The van der Waals surface area contributed by atoms with E-state index in [0.29, 0.717) is 24.9 Å². The van der Waals surface area contributed by atoms with Gasteiger partial charge in [0.25, 0.3) is 5.91 Å². The van der Waals surface area contributed by atoms with E-state index in [4.69, 9.17) is 5.73 Å². The molecule has 1 atom stereocenters. The Morgan fingerprint density at radius 1 is 1.53 bits per heavy atom. The van der Waals surface area contributed by atoms with Crippen molar-refractivity contribution in [3.8, 4) is 5.75 Å². The van der Waals surface area contributed by atoms with Gasteiger partial charge in [0.1, 0.15) is 5.75 Å². The number of amides is 2. The maximum Gasteiger partial charge on any atom is 0.251 e. The lowest BCUT2D eigenvalue weighted by Gasteiger charge is -2.30. The number of anilines is 1. The molecule has 6 heteroatoms. The average molecular weight is 263 g/mol. The molecule has 0 radical (unpaired) electrons. The third kappa shape index (κ3) is 2.96. The number of hydrogen-bond acceptors (Lipinski definition) is 4. The topological polar surface area (TPSA) is 95.7 Å². The van der Waals surface area contributed by atoms with Gasteiger partial charge in [-0.05, 0) is 24.6 Å². The van der Waals surface area contributed by atoms with Crippen LogP contribution in [0.1, 0.15) is 23.2 Å². The van der Waals surface area contributed by atoms with Crippen LogP contribution in [0.2, 0.25) is 0 Å². The van der Waals surface area contributed by atoms with E-state index in [0.717, 1.165) is 0 Å². The Bertz CT molecular complexity index is 516. The molecule has 0 saturated carbocycles. The molecule has 1 aliphatic heterocycles. The lowest BCUT2D eigenvalue weighted by Crippen LogP contribution is -2.48. The van der Waals surface area contributed by atoms with E-state index in [1.54, 1.807) is 18.0 Å². The number of nitrogens with two attached hydrogens (primary N) is 1. The molecule has 2 amide bonds. The first kappa shape index (κ1) is 13.2. The number of phenolic OH excluding ortho intramolecular Hbond substituents is 1. The van der Waals surface area contributed by atoms with Gasteiger partial charge in [-0.15, -0.1) is 0 Å². The summed E-state index contributed by atoms with van der Waals surface area (Å²) >= 11 is 0. The summed E-state index contributed by atoms with van der Waals surface area (Å²) in [6, 6.07) is 4.32. The molecule has 102 valence electrons. The lowest BCUT2D eigenvalue weighted by molar-refractivity contribution is -0.132. The average Bonchev–Trinajstić information content (AvgIpc) is 2.37. The van der Waals surface area contributed by atoms with E-state index in [-0.39, 0.29) is 29.3 Å². The van der Waals surface area contributed by atoms with Crippen molar-refractivity contribution in [3.05, 3.63) is 23.8 Å². The van der Waals surface area contributed by atoms with E-state index in [2.05, 4.69) is 5.32 Å². The van der Waals surface area contributed by atoms with Gasteiger partial charge in [0, 0.05) is 31.6 Å². The first-order chi connectivity index (χ1) is 8.97. The van der Waals surface area contributed by atoms with Crippen molar-refractivity contribution >= 4 is 17.5 Å². The highest BCUT2D eigenvalue weighted by Gasteiger charge is 2.24. The van der Waals surface area contributed by atoms with E-state index in [9.17, 15) is 14.7 Å². The molecule has 0 aromatic heterocycles. The van der Waals surface area contributed by atoms with Crippen LogP contribution in [0.15, 0.2) is 18.2 Å². The zero-order valence-corrected chi connectivity index (χ0v) is 10.7. The van der Waals surface area contributed by atoms with E-state index < -0.39 is 0 Å². The Kier molecular flexibility index (Phi) is 3.59. The number of hydrogen-bond donors (Lipinski definition) is 3. The second kappa shape index (κ2) is 5.17. The zero-order valence-electron chi connectivity index (χ0n) is 10.7. The number of piperidine rings is 1. The number of benzene rings is 1. The summed E-state index contributed by atoms with van der Waals surface area (Å²) in [4.78, 5) is 24.9. The largest absolute Gasteiger partial charge is 0.506 e. The fourth-order valence-corrected chi connectivity index (χ4v) is 2.08. The maximum absolute atomic E-state index is 12.0. The minimum atomic E-state index is -0.275. The highest BCUT2D eigenvalue weighted by Crippen LogP contribution is 2.20. The van der Waals surface area contributed by atoms with Crippen LogP contribution in [0.3, 0.4) is 0 Å². The number of nitrogen functional groups attached to an aromatic ring is 1. The lowest BCUT2D eigenvalue weighted by atomic mass is 10.0. The monoisotopic (exact) mass is 263 g/mol. The van der Waals surface area contributed by atoms with Crippen molar-refractivity contribution in [1.29, 1.82) is 0 Å². The predicted molar refractivity (Wildman–Crippen MR) is 70.6 cm³/mol. The molecule has 0 spiro atoms. The highest BCUT2D eigenvalue weighted by atomic mass is 16.3. The summed E-state index contributed by atoms with van der Waals surface area (Å²) in [5.41, 5.74) is 6.07. The van der Waals surface area contributed by atoms with Crippen molar-refractivity contribution in [2.75, 3.05) is 19.3 Å². The number of likely N-dealkylation sites (N-methyl/N-ethyl adjacent to an activating group) is 1. The normalized spacial score (nSPS) is 19.3. The van der Waals surface area contributed by atoms with Gasteiger partial charge in [-0.25, -0.2) is 0 Å². The van der Waals surface area contributed by atoms with E-state index in [1.165, 1.54) is 12.1 Å². The SMILES string of the molecule is CN1CC(NC(=O)c2ccc(N)c(O)c2)CCC1=O. The number of phenols is 1. The number of nitrogens with zero attached hydrogens (tertiary/aromatic N) is 1. The molecule has 1 fully saturated rings. The standard InChI is InChI=1S/C13H17N3O3/c1-16-7-9(3-5-12(16)18)15-13(19)8-2-4-10(14)11(17)6-8/h2,4,6,9,17H,3,5,7,14H2,1H3,(H,15,19). The van der Waals surface area contributed by atoms with Gasteiger partial charge in [-0.2, -0.15) is 0 Å². The molecular weight excluding hydrogens is 246 g/mol. The van der Waals surface area contributed by atoms with Gasteiger partial charge in [0.2, 0.25) is 5.91 Å². The van der Waals surface area contributed by atoms with Gasteiger partial charge in [0.15, 0.2) is 0 Å². The summed E-state index contributed by atoms with van der Waals surface area (Å²) in [5, 5.41) is 12.3. The van der Waals surface area contributed by atoms with Crippen LogP contribution in [-0.2, 0) is 4.79 Å². The minimum absolute atomic E-state index is 0.0603. The Hall–Kier alpha value is -2.24. The van der Waals surface area contributed by atoms with Crippen LogP contribution in [0.25, 0.3) is 0 Å². The van der Waals surface area contributed by atoms with Gasteiger partial charge >= 0.3 is 0 Å². The quantitative estimate of drug-likeness (QED) is 0.529. The molecule has 1 heterocycles. The number of nitrogens with one attached hydrogen (secondary N) is 1. The molecule has 1 aromatic carbocycles. The molecule has 4 N–H and O–H groups in total. The summed E-state index contributed by atoms with van der Waals surface area (Å²) in [6.45, 7) is 0.505. The molecule has 1 unspecified atom stereocenters. The van der Waals surface area contributed by atoms with Crippen molar-refractivity contribution < 1.29 is 14.7 Å². The molecule has 19 heavy (non-hydrogen) atoms. The smallest absolute Gasteiger partial charge is 0.251 e. The molecular formula is C13H17N3O3. The first-order valence-corrected chi connectivity index (χ1v) is 6.10. The first-order valence-electron chi connectivity index (χ1n) is 6.10. The summed E-state index contributed by atoms with van der Waals surface area (Å²) < 4.78 is 0. The zero-order chi connectivity index (χ0) is 14.0. The van der Waals surface area contributed by atoms with Crippen LogP contribution < -0.4 is 11.1 Å². The minimum Gasteiger partial charge on any atom is -0.506 e. The molecule has 0 bridgehead atoms. The maximum atomic E-state index is 12.0. The highest BCUT2D eigenvalue weighted by molar-refractivity contribution is 5.95. The van der Waals surface area contributed by atoms with Crippen molar-refractivity contribution in [2.45, 2.75) is 18.9 Å².